The molecule has 0 amide bonds. The zero-order chi connectivity index (χ0) is 18.0. The van der Waals surface area contributed by atoms with Crippen LogP contribution in [0.5, 0.6) is 0 Å². The molecule has 0 unspecified atom stereocenters. The molecule has 0 radical (unpaired) electrons. The zero-order valence-electron chi connectivity index (χ0n) is 13.4. The maximum Gasteiger partial charge on any atom is 0.417 e. The second-order valence-corrected chi connectivity index (χ2v) is 5.73. The average molecular weight is 348 g/mol. The Bertz CT molecular complexity index is 784. The third-order valence-corrected chi connectivity index (χ3v) is 4.08. The van der Waals surface area contributed by atoms with Gasteiger partial charge in [-0.1, -0.05) is 0 Å². The van der Waals surface area contributed by atoms with Crippen LogP contribution in [0, 0.1) is 11.3 Å². The molecule has 0 spiro atoms. The van der Waals surface area contributed by atoms with E-state index in [9.17, 15) is 13.2 Å². The van der Waals surface area contributed by atoms with Gasteiger partial charge in [-0.05, 0) is 19.1 Å². The number of halogens is 3. The predicted molar refractivity (Wildman–Crippen MR) is 85.0 cm³/mol. The molecule has 0 aliphatic carbocycles. The van der Waals surface area contributed by atoms with Gasteiger partial charge in [0.1, 0.15) is 11.9 Å². The highest BCUT2D eigenvalue weighted by Gasteiger charge is 2.32. The van der Waals surface area contributed by atoms with Gasteiger partial charge in [0.25, 0.3) is 0 Å². The highest BCUT2D eigenvalue weighted by Crippen LogP contribution is 2.30. The first-order valence-corrected chi connectivity index (χ1v) is 7.66. The fourth-order valence-corrected chi connectivity index (χ4v) is 2.85. The molecule has 3 heterocycles. The Labute approximate surface area is 142 Å². The summed E-state index contributed by atoms with van der Waals surface area (Å²) in [5.74, 6) is 1.02. The Morgan fingerprint density at radius 3 is 2.52 bits per heavy atom. The van der Waals surface area contributed by atoms with E-state index in [4.69, 9.17) is 5.26 Å². The fourth-order valence-electron chi connectivity index (χ4n) is 2.85. The molecule has 6 nitrogen and oxygen atoms in total. The second kappa shape index (κ2) is 6.55. The summed E-state index contributed by atoms with van der Waals surface area (Å²) >= 11 is 0. The van der Waals surface area contributed by atoms with Gasteiger partial charge in [0.15, 0.2) is 11.5 Å². The van der Waals surface area contributed by atoms with E-state index in [0.29, 0.717) is 31.3 Å². The third kappa shape index (κ3) is 3.47. The minimum absolute atomic E-state index is 0.00784. The smallest absolute Gasteiger partial charge is 0.350 e. The number of alkyl halides is 3. The van der Waals surface area contributed by atoms with Crippen LogP contribution in [0.15, 0.2) is 30.7 Å². The van der Waals surface area contributed by atoms with Gasteiger partial charge in [-0.3, -0.25) is 0 Å². The Hall–Kier alpha value is -2.89. The fraction of sp³-hybridized carbons (Fsp3) is 0.375. The van der Waals surface area contributed by atoms with Crippen LogP contribution in [0.4, 0.5) is 24.8 Å². The third-order valence-electron chi connectivity index (χ3n) is 4.08. The van der Waals surface area contributed by atoms with Crippen molar-refractivity contribution in [1.29, 1.82) is 5.26 Å². The predicted octanol–water partition coefficient (Wildman–Crippen LogP) is 2.48. The van der Waals surface area contributed by atoms with Gasteiger partial charge in [-0.15, -0.1) is 0 Å². The molecule has 0 aromatic carbocycles. The molecule has 1 atom stereocenters. The minimum atomic E-state index is -4.39. The molecule has 1 saturated heterocycles. The lowest BCUT2D eigenvalue weighted by Crippen LogP contribution is -2.53. The molecule has 0 N–H and O–H groups in total. The Kier molecular flexibility index (Phi) is 4.44. The number of pyridine rings is 1. The average Bonchev–Trinajstić information content (AvgIpc) is 2.61. The van der Waals surface area contributed by atoms with E-state index >= 15 is 0 Å². The minimum Gasteiger partial charge on any atom is -0.350 e. The number of rotatable bonds is 2. The van der Waals surface area contributed by atoms with Crippen LogP contribution in [0.3, 0.4) is 0 Å². The molecule has 3 rings (SSSR count). The number of anilines is 2. The molecule has 2 aromatic heterocycles. The molecular weight excluding hydrogens is 333 g/mol. The topological polar surface area (TPSA) is 68.9 Å². The number of hydrogen-bond donors (Lipinski definition) is 0. The largest absolute Gasteiger partial charge is 0.417 e. The van der Waals surface area contributed by atoms with E-state index < -0.39 is 11.7 Å². The number of hydrogen-bond acceptors (Lipinski definition) is 6. The van der Waals surface area contributed by atoms with Crippen molar-refractivity contribution in [2.45, 2.75) is 19.1 Å². The quantitative estimate of drug-likeness (QED) is 0.830. The zero-order valence-corrected chi connectivity index (χ0v) is 13.4. The van der Waals surface area contributed by atoms with Crippen LogP contribution in [0.25, 0.3) is 0 Å². The summed E-state index contributed by atoms with van der Waals surface area (Å²) in [4.78, 5) is 16.1. The van der Waals surface area contributed by atoms with Crippen LogP contribution in [-0.2, 0) is 6.18 Å². The van der Waals surface area contributed by atoms with Gasteiger partial charge in [-0.2, -0.15) is 18.4 Å². The summed E-state index contributed by atoms with van der Waals surface area (Å²) in [6, 6.07) is 4.44. The van der Waals surface area contributed by atoms with Gasteiger partial charge >= 0.3 is 6.18 Å². The van der Waals surface area contributed by atoms with E-state index in [1.165, 1.54) is 18.5 Å². The van der Waals surface area contributed by atoms with Crippen molar-refractivity contribution in [1.82, 2.24) is 15.0 Å². The molecule has 1 aliphatic heterocycles. The van der Waals surface area contributed by atoms with Crippen LogP contribution >= 0.6 is 0 Å². The van der Waals surface area contributed by atoms with Gasteiger partial charge in [-0.25, -0.2) is 15.0 Å². The van der Waals surface area contributed by atoms with Crippen LogP contribution in [0.2, 0.25) is 0 Å². The molecule has 0 bridgehead atoms. The van der Waals surface area contributed by atoms with Crippen molar-refractivity contribution < 1.29 is 13.2 Å². The molecule has 130 valence electrons. The molecule has 2 aromatic rings. The molecule has 1 aliphatic rings. The molecule has 25 heavy (non-hydrogen) atoms. The maximum absolute atomic E-state index is 12.6. The van der Waals surface area contributed by atoms with E-state index in [1.54, 1.807) is 0 Å². The van der Waals surface area contributed by atoms with Crippen LogP contribution in [-0.4, -0.2) is 40.6 Å². The van der Waals surface area contributed by atoms with Gasteiger partial charge in [0.2, 0.25) is 0 Å². The first-order chi connectivity index (χ1) is 11.9. The van der Waals surface area contributed by atoms with Crippen molar-refractivity contribution in [2.24, 2.45) is 0 Å². The van der Waals surface area contributed by atoms with E-state index in [0.717, 1.165) is 12.3 Å². The Morgan fingerprint density at radius 2 is 1.92 bits per heavy atom. The van der Waals surface area contributed by atoms with Crippen molar-refractivity contribution in [3.8, 4) is 6.07 Å². The maximum atomic E-state index is 12.6. The summed E-state index contributed by atoms with van der Waals surface area (Å²) in [6.45, 7) is 3.64. The van der Waals surface area contributed by atoms with Gasteiger partial charge in [0, 0.05) is 44.3 Å². The van der Waals surface area contributed by atoms with Crippen molar-refractivity contribution in [3.05, 3.63) is 42.0 Å². The Balaban J connectivity index is 1.75. The first kappa shape index (κ1) is 17.0. The van der Waals surface area contributed by atoms with Crippen LogP contribution in [0.1, 0.15) is 18.2 Å². The second-order valence-electron chi connectivity index (χ2n) is 5.73. The standard InChI is InChI=1S/C16H15F3N6/c1-11-10-24(15-13(8-20)21-4-5-22-15)6-7-25(11)14-3-2-12(9-23-14)16(17,18)19/h2-5,9,11H,6-7,10H2,1H3/t11-/m1/s1. The summed E-state index contributed by atoms with van der Waals surface area (Å²) in [6.07, 6.45) is -0.543. The molecule has 1 fully saturated rings. The summed E-state index contributed by atoms with van der Waals surface area (Å²) < 4.78 is 37.9. The lowest BCUT2D eigenvalue weighted by atomic mass is 10.1. The molecule has 0 saturated carbocycles. The van der Waals surface area contributed by atoms with Crippen molar-refractivity contribution >= 4 is 11.6 Å². The number of aromatic nitrogens is 3. The number of nitriles is 1. The number of piperazine rings is 1. The number of nitrogens with zero attached hydrogens (tertiary/aromatic N) is 6. The van der Waals surface area contributed by atoms with E-state index in [2.05, 4.69) is 15.0 Å². The van der Waals surface area contributed by atoms with E-state index in [-0.39, 0.29) is 11.7 Å². The first-order valence-electron chi connectivity index (χ1n) is 7.66. The van der Waals surface area contributed by atoms with Gasteiger partial charge < -0.3 is 9.80 Å². The normalized spacial score (nSPS) is 18.1. The summed E-state index contributed by atoms with van der Waals surface area (Å²) in [5.41, 5.74) is -0.503. The Morgan fingerprint density at radius 1 is 1.16 bits per heavy atom. The van der Waals surface area contributed by atoms with Crippen LogP contribution < -0.4 is 9.80 Å². The lowest BCUT2D eigenvalue weighted by molar-refractivity contribution is -0.137. The van der Waals surface area contributed by atoms with Gasteiger partial charge in [0.05, 0.1) is 5.56 Å². The van der Waals surface area contributed by atoms with Crippen molar-refractivity contribution in [3.63, 3.8) is 0 Å². The van der Waals surface area contributed by atoms with E-state index in [1.807, 2.05) is 22.8 Å². The van der Waals surface area contributed by atoms with Crippen molar-refractivity contribution in [2.75, 3.05) is 29.4 Å². The highest BCUT2D eigenvalue weighted by molar-refractivity contribution is 5.52. The SMILES string of the molecule is C[C@@H]1CN(c2nccnc2C#N)CCN1c1ccc(C(F)(F)F)cn1. The molecule has 9 heteroatoms. The molecular formula is C16H15F3N6. The highest BCUT2D eigenvalue weighted by atomic mass is 19.4. The monoisotopic (exact) mass is 348 g/mol. The summed E-state index contributed by atoms with van der Waals surface area (Å²) in [7, 11) is 0. The lowest BCUT2D eigenvalue weighted by Gasteiger charge is -2.41. The summed E-state index contributed by atoms with van der Waals surface area (Å²) in [5, 5.41) is 9.15.